The van der Waals surface area contributed by atoms with Crippen LogP contribution in [0.3, 0.4) is 0 Å². The van der Waals surface area contributed by atoms with Gasteiger partial charge in [0.1, 0.15) is 0 Å². The van der Waals surface area contributed by atoms with Gasteiger partial charge in [-0.05, 0) is 39.7 Å². The van der Waals surface area contributed by atoms with E-state index in [0.717, 1.165) is 24.1 Å². The zero-order chi connectivity index (χ0) is 13.7. The van der Waals surface area contributed by atoms with E-state index in [4.69, 9.17) is 0 Å². The smallest absolute Gasteiger partial charge is 0.255 e. The number of nitrogens with one attached hydrogen (secondary N) is 1. The van der Waals surface area contributed by atoms with Crippen molar-refractivity contribution in [3.63, 3.8) is 0 Å². The van der Waals surface area contributed by atoms with Crippen LogP contribution >= 0.6 is 0 Å². The predicted octanol–water partition coefficient (Wildman–Crippen LogP) is 3.02. The normalized spacial score (nSPS) is 14.5. The minimum atomic E-state index is 0.153. The molecule has 0 aliphatic heterocycles. The Morgan fingerprint density at radius 2 is 1.89 bits per heavy atom. The van der Waals surface area contributed by atoms with Crippen LogP contribution in [0, 0.1) is 6.92 Å². The van der Waals surface area contributed by atoms with Gasteiger partial charge in [0, 0.05) is 29.9 Å². The number of hydrogen-bond donors (Lipinski definition) is 1. The topological polar surface area (TPSA) is 34.0 Å². The highest BCUT2D eigenvalue weighted by Gasteiger charge is 2.11. The van der Waals surface area contributed by atoms with Gasteiger partial charge in [-0.15, -0.1) is 0 Å². The summed E-state index contributed by atoms with van der Waals surface area (Å²) in [6, 6.07) is 4.71. The van der Waals surface area contributed by atoms with Gasteiger partial charge in [-0.1, -0.05) is 19.9 Å². The lowest BCUT2D eigenvalue weighted by Gasteiger charge is -2.18. The molecule has 0 aromatic carbocycles. The summed E-state index contributed by atoms with van der Waals surface area (Å²) in [5.41, 5.74) is 2.06. The fraction of sp³-hybridized carbons (Fsp3) is 0.667. The van der Waals surface area contributed by atoms with Gasteiger partial charge in [-0.2, -0.15) is 0 Å². The average molecular weight is 250 g/mol. The van der Waals surface area contributed by atoms with Crippen LogP contribution < -0.4 is 10.9 Å². The van der Waals surface area contributed by atoms with Crippen molar-refractivity contribution < 1.29 is 0 Å². The summed E-state index contributed by atoms with van der Waals surface area (Å²) in [5.74, 6) is 0. The lowest BCUT2D eigenvalue weighted by atomic mass is 10.1. The summed E-state index contributed by atoms with van der Waals surface area (Å²) in [5, 5.41) is 3.38. The molecule has 3 heteroatoms. The molecule has 1 rings (SSSR count). The van der Waals surface area contributed by atoms with Gasteiger partial charge in [0.05, 0.1) is 0 Å². The molecule has 0 bridgehead atoms. The van der Waals surface area contributed by atoms with Crippen LogP contribution in [0.2, 0.25) is 0 Å². The van der Waals surface area contributed by atoms with Crippen molar-refractivity contribution >= 4 is 0 Å². The Labute approximate surface area is 110 Å². The van der Waals surface area contributed by atoms with Crippen LogP contribution in [-0.4, -0.2) is 10.6 Å². The van der Waals surface area contributed by atoms with Crippen molar-refractivity contribution in [3.05, 3.63) is 33.7 Å². The van der Waals surface area contributed by atoms with E-state index < -0.39 is 0 Å². The standard InChI is InChI=1S/C15H26N2O/c1-6-11(3)16-10-14-9-8-13(5)17(15(14)18)12(4)7-2/h8-9,11-12,16H,6-7,10H2,1-5H3. The van der Waals surface area contributed by atoms with Crippen molar-refractivity contribution in [1.29, 1.82) is 0 Å². The lowest BCUT2D eigenvalue weighted by molar-refractivity contribution is 0.489. The summed E-state index contributed by atoms with van der Waals surface area (Å²) in [4.78, 5) is 12.4. The molecule has 0 saturated heterocycles. The van der Waals surface area contributed by atoms with E-state index in [9.17, 15) is 4.79 Å². The van der Waals surface area contributed by atoms with Gasteiger partial charge in [0.15, 0.2) is 0 Å². The molecule has 2 atom stereocenters. The van der Waals surface area contributed by atoms with E-state index in [1.165, 1.54) is 0 Å². The number of hydrogen-bond acceptors (Lipinski definition) is 2. The van der Waals surface area contributed by atoms with Crippen molar-refractivity contribution in [2.45, 2.75) is 66.1 Å². The van der Waals surface area contributed by atoms with E-state index in [1.807, 2.05) is 23.6 Å². The van der Waals surface area contributed by atoms with Crippen molar-refractivity contribution in [2.75, 3.05) is 0 Å². The SMILES string of the molecule is CCC(C)NCc1ccc(C)n(C(C)CC)c1=O. The first-order valence-corrected chi connectivity index (χ1v) is 6.95. The van der Waals surface area contributed by atoms with Crippen molar-refractivity contribution in [1.82, 2.24) is 9.88 Å². The monoisotopic (exact) mass is 250 g/mol. The molecule has 18 heavy (non-hydrogen) atoms. The summed E-state index contributed by atoms with van der Waals surface area (Å²) in [7, 11) is 0. The Hall–Kier alpha value is -1.09. The van der Waals surface area contributed by atoms with Gasteiger partial charge < -0.3 is 9.88 Å². The first-order chi connectivity index (χ1) is 8.51. The molecule has 0 radical (unpaired) electrons. The average Bonchev–Trinajstić information content (AvgIpc) is 2.37. The molecule has 0 fully saturated rings. The zero-order valence-electron chi connectivity index (χ0n) is 12.3. The molecule has 1 N–H and O–H groups in total. The van der Waals surface area contributed by atoms with Crippen LogP contribution in [0.15, 0.2) is 16.9 Å². The molecule has 3 nitrogen and oxygen atoms in total. The number of aromatic nitrogens is 1. The summed E-state index contributed by atoms with van der Waals surface area (Å²) < 4.78 is 1.91. The largest absolute Gasteiger partial charge is 0.310 e. The second-order valence-corrected chi connectivity index (χ2v) is 5.12. The van der Waals surface area contributed by atoms with E-state index in [1.54, 1.807) is 0 Å². The molecule has 102 valence electrons. The third-order valence-corrected chi connectivity index (χ3v) is 3.68. The van der Waals surface area contributed by atoms with E-state index >= 15 is 0 Å². The Bertz CT molecular complexity index is 437. The van der Waals surface area contributed by atoms with Crippen LogP contribution in [0.1, 0.15) is 57.8 Å². The Kier molecular flexibility index (Phi) is 5.60. The highest BCUT2D eigenvalue weighted by atomic mass is 16.1. The fourth-order valence-electron chi connectivity index (χ4n) is 1.98. The first-order valence-electron chi connectivity index (χ1n) is 6.95. The molecule has 1 aromatic heterocycles. The van der Waals surface area contributed by atoms with Gasteiger partial charge in [0.2, 0.25) is 0 Å². The van der Waals surface area contributed by atoms with Gasteiger partial charge in [0.25, 0.3) is 5.56 Å². The fourth-order valence-corrected chi connectivity index (χ4v) is 1.98. The number of nitrogens with zero attached hydrogens (tertiary/aromatic N) is 1. The Morgan fingerprint density at radius 3 is 2.44 bits per heavy atom. The molecule has 2 unspecified atom stereocenters. The van der Waals surface area contributed by atoms with Crippen LogP contribution in [0.25, 0.3) is 0 Å². The molecule has 0 amide bonds. The van der Waals surface area contributed by atoms with Gasteiger partial charge in [-0.25, -0.2) is 0 Å². The second kappa shape index (κ2) is 6.74. The maximum absolute atomic E-state index is 12.4. The van der Waals surface area contributed by atoms with Crippen molar-refractivity contribution in [3.8, 4) is 0 Å². The summed E-state index contributed by atoms with van der Waals surface area (Å²) >= 11 is 0. The Morgan fingerprint density at radius 1 is 1.22 bits per heavy atom. The van der Waals surface area contributed by atoms with Crippen LogP contribution in [-0.2, 0) is 6.54 Å². The molecular weight excluding hydrogens is 224 g/mol. The summed E-state index contributed by atoms with van der Waals surface area (Å²) in [6.45, 7) is 11.1. The number of aryl methyl sites for hydroxylation is 1. The van der Waals surface area contributed by atoms with Crippen LogP contribution in [0.4, 0.5) is 0 Å². The first kappa shape index (κ1) is 15.0. The van der Waals surface area contributed by atoms with E-state index in [0.29, 0.717) is 12.6 Å². The maximum Gasteiger partial charge on any atom is 0.255 e. The number of pyridine rings is 1. The van der Waals surface area contributed by atoms with E-state index in [-0.39, 0.29) is 11.6 Å². The number of rotatable bonds is 6. The summed E-state index contributed by atoms with van der Waals surface area (Å²) in [6.07, 6.45) is 2.05. The second-order valence-electron chi connectivity index (χ2n) is 5.12. The zero-order valence-corrected chi connectivity index (χ0v) is 12.3. The minimum absolute atomic E-state index is 0.153. The predicted molar refractivity (Wildman–Crippen MR) is 77.0 cm³/mol. The Balaban J connectivity index is 2.98. The van der Waals surface area contributed by atoms with Gasteiger partial charge in [-0.3, -0.25) is 4.79 Å². The molecular formula is C15H26N2O. The molecule has 1 heterocycles. The highest BCUT2D eigenvalue weighted by molar-refractivity contribution is 5.16. The molecule has 0 aliphatic carbocycles. The molecule has 0 spiro atoms. The van der Waals surface area contributed by atoms with Crippen molar-refractivity contribution in [2.24, 2.45) is 0 Å². The van der Waals surface area contributed by atoms with Crippen LogP contribution in [0.5, 0.6) is 0 Å². The maximum atomic E-state index is 12.4. The molecule has 0 saturated carbocycles. The third-order valence-electron chi connectivity index (χ3n) is 3.68. The third kappa shape index (κ3) is 3.45. The highest BCUT2D eigenvalue weighted by Crippen LogP contribution is 2.11. The lowest BCUT2D eigenvalue weighted by Crippen LogP contribution is -2.32. The molecule has 1 aromatic rings. The minimum Gasteiger partial charge on any atom is -0.310 e. The molecule has 0 aliphatic rings. The van der Waals surface area contributed by atoms with Gasteiger partial charge >= 0.3 is 0 Å². The van der Waals surface area contributed by atoms with E-state index in [2.05, 4.69) is 33.0 Å². The quantitative estimate of drug-likeness (QED) is 0.842.